The van der Waals surface area contributed by atoms with Crippen LogP contribution in [0.25, 0.3) is 0 Å². The molecule has 0 spiro atoms. The summed E-state index contributed by atoms with van der Waals surface area (Å²) < 4.78 is 29.6. The van der Waals surface area contributed by atoms with Crippen molar-refractivity contribution in [2.45, 2.75) is 31.6 Å². The highest BCUT2D eigenvalue weighted by Gasteiger charge is 2.27. The molecule has 1 saturated heterocycles. The van der Waals surface area contributed by atoms with Crippen LogP contribution in [0.15, 0.2) is 29.2 Å². The number of hydrogen-bond acceptors (Lipinski definition) is 4. The fourth-order valence-electron chi connectivity index (χ4n) is 2.39. The normalized spacial score (nSPS) is 18.7. The molecule has 0 atom stereocenters. The van der Waals surface area contributed by atoms with Gasteiger partial charge in [-0.3, -0.25) is 0 Å². The molecule has 0 bridgehead atoms. The van der Waals surface area contributed by atoms with E-state index in [1.807, 2.05) is 12.1 Å². The molecule has 5 heteroatoms. The van der Waals surface area contributed by atoms with Crippen LogP contribution in [-0.4, -0.2) is 33.9 Å². The van der Waals surface area contributed by atoms with E-state index in [-0.39, 0.29) is 11.2 Å². The van der Waals surface area contributed by atoms with Gasteiger partial charge >= 0.3 is 0 Å². The fourth-order valence-corrected chi connectivity index (χ4v) is 3.46. The van der Waals surface area contributed by atoms with Crippen molar-refractivity contribution in [2.24, 2.45) is 5.41 Å². The van der Waals surface area contributed by atoms with Gasteiger partial charge in [0, 0.05) is 19.8 Å². The maximum Gasteiger partial charge on any atom is 0.180 e. The molecule has 2 rings (SSSR count). The van der Waals surface area contributed by atoms with Gasteiger partial charge in [-0.2, -0.15) is 0 Å². The van der Waals surface area contributed by atoms with Gasteiger partial charge in [-0.05, 0) is 30.4 Å². The van der Waals surface area contributed by atoms with Crippen LogP contribution in [-0.2, 0) is 14.6 Å². The van der Waals surface area contributed by atoms with Crippen LogP contribution in [0.3, 0.4) is 0 Å². The Kier molecular flexibility index (Phi) is 4.70. The van der Waals surface area contributed by atoms with E-state index in [0.29, 0.717) is 10.6 Å². The number of anilines is 1. The van der Waals surface area contributed by atoms with Crippen molar-refractivity contribution in [2.75, 3.05) is 30.8 Å². The Hall–Kier alpha value is -1.07. The lowest BCUT2D eigenvalue weighted by atomic mass is 9.82. The Labute approximate surface area is 121 Å². The first-order valence-electron chi connectivity index (χ1n) is 7.10. The van der Waals surface area contributed by atoms with Crippen LogP contribution in [0.5, 0.6) is 0 Å². The highest BCUT2D eigenvalue weighted by Crippen LogP contribution is 2.31. The molecule has 20 heavy (non-hydrogen) atoms. The van der Waals surface area contributed by atoms with Crippen LogP contribution in [0.4, 0.5) is 5.69 Å². The van der Waals surface area contributed by atoms with E-state index in [2.05, 4.69) is 12.2 Å². The quantitative estimate of drug-likeness (QED) is 0.908. The van der Waals surface area contributed by atoms with Crippen LogP contribution in [0.1, 0.15) is 26.7 Å². The highest BCUT2D eigenvalue weighted by atomic mass is 32.2. The molecular formula is C15H23NO3S. The van der Waals surface area contributed by atoms with E-state index >= 15 is 0 Å². The second kappa shape index (κ2) is 6.14. The number of ether oxygens (including phenoxy) is 1. The van der Waals surface area contributed by atoms with Crippen LogP contribution in [0.2, 0.25) is 0 Å². The van der Waals surface area contributed by atoms with Gasteiger partial charge < -0.3 is 10.1 Å². The van der Waals surface area contributed by atoms with E-state index in [4.69, 9.17) is 4.74 Å². The average molecular weight is 297 g/mol. The topological polar surface area (TPSA) is 55.4 Å². The second-order valence-electron chi connectivity index (χ2n) is 5.68. The zero-order valence-corrected chi connectivity index (χ0v) is 13.0. The zero-order chi connectivity index (χ0) is 14.6. The third-order valence-electron chi connectivity index (χ3n) is 4.01. The van der Waals surface area contributed by atoms with Crippen molar-refractivity contribution >= 4 is 15.5 Å². The first-order chi connectivity index (χ1) is 9.47. The molecule has 1 aromatic rings. The molecule has 1 aromatic carbocycles. The van der Waals surface area contributed by atoms with Gasteiger partial charge in [-0.25, -0.2) is 8.42 Å². The summed E-state index contributed by atoms with van der Waals surface area (Å²) in [6.45, 7) is 6.23. The summed E-state index contributed by atoms with van der Waals surface area (Å²) in [5, 5.41) is 3.33. The van der Waals surface area contributed by atoms with Crippen molar-refractivity contribution < 1.29 is 13.2 Å². The smallest absolute Gasteiger partial charge is 0.180 e. The molecule has 0 radical (unpaired) electrons. The van der Waals surface area contributed by atoms with Crippen molar-refractivity contribution in [3.63, 3.8) is 0 Å². The van der Waals surface area contributed by atoms with Crippen molar-refractivity contribution in [3.05, 3.63) is 24.3 Å². The number of sulfone groups is 1. The van der Waals surface area contributed by atoms with Crippen LogP contribution < -0.4 is 5.32 Å². The molecule has 1 aliphatic heterocycles. The second-order valence-corrected chi connectivity index (χ2v) is 7.92. The summed E-state index contributed by atoms with van der Waals surface area (Å²) in [7, 11) is -3.19. The Morgan fingerprint density at radius 1 is 1.25 bits per heavy atom. The Morgan fingerprint density at radius 3 is 2.55 bits per heavy atom. The van der Waals surface area contributed by atoms with Gasteiger partial charge in [0.2, 0.25) is 0 Å². The van der Waals surface area contributed by atoms with Gasteiger partial charge in [0.05, 0.1) is 16.3 Å². The lowest BCUT2D eigenvalue weighted by molar-refractivity contribution is 0.0300. The van der Waals surface area contributed by atoms with E-state index in [0.717, 1.165) is 32.6 Å². The Bertz CT molecular complexity index is 548. The Morgan fingerprint density at radius 2 is 1.90 bits per heavy atom. The van der Waals surface area contributed by atoms with Gasteiger partial charge in [0.15, 0.2) is 9.84 Å². The predicted molar refractivity (Wildman–Crippen MR) is 80.8 cm³/mol. The lowest BCUT2D eigenvalue weighted by Crippen LogP contribution is -2.33. The molecular weight excluding hydrogens is 274 g/mol. The lowest BCUT2D eigenvalue weighted by Gasteiger charge is -2.34. The summed E-state index contributed by atoms with van der Waals surface area (Å²) in [5.41, 5.74) is 0.878. The molecule has 0 amide bonds. The standard InChI is InChI=1S/C15H23NO3S/c1-3-20(17,18)14-7-5-4-6-13(14)16-12-15(2)8-10-19-11-9-15/h4-7,16H,3,8-12H2,1-2H3. The average Bonchev–Trinajstić information content (AvgIpc) is 2.46. The fraction of sp³-hybridized carbons (Fsp3) is 0.600. The number of nitrogens with one attached hydrogen (secondary N) is 1. The summed E-state index contributed by atoms with van der Waals surface area (Å²) >= 11 is 0. The third kappa shape index (κ3) is 3.52. The SMILES string of the molecule is CCS(=O)(=O)c1ccccc1NCC1(C)CCOCC1. The molecule has 0 aliphatic carbocycles. The number of para-hydroxylation sites is 1. The van der Waals surface area contributed by atoms with E-state index in [1.54, 1.807) is 19.1 Å². The molecule has 0 saturated carbocycles. The minimum Gasteiger partial charge on any atom is -0.383 e. The number of hydrogen-bond donors (Lipinski definition) is 1. The summed E-state index contributed by atoms with van der Waals surface area (Å²) in [6.07, 6.45) is 2.01. The minimum absolute atomic E-state index is 0.122. The summed E-state index contributed by atoms with van der Waals surface area (Å²) in [4.78, 5) is 0.401. The van der Waals surface area contributed by atoms with Gasteiger partial charge in [0.25, 0.3) is 0 Å². The van der Waals surface area contributed by atoms with E-state index in [1.165, 1.54) is 0 Å². The van der Waals surface area contributed by atoms with Crippen LogP contribution in [0, 0.1) is 5.41 Å². The molecule has 1 N–H and O–H groups in total. The Balaban J connectivity index is 2.14. The zero-order valence-electron chi connectivity index (χ0n) is 12.2. The highest BCUT2D eigenvalue weighted by molar-refractivity contribution is 7.91. The number of benzene rings is 1. The van der Waals surface area contributed by atoms with Gasteiger partial charge in [-0.15, -0.1) is 0 Å². The summed E-state index contributed by atoms with van der Waals surface area (Å²) in [6, 6.07) is 7.14. The molecule has 0 aromatic heterocycles. The van der Waals surface area contributed by atoms with Crippen molar-refractivity contribution in [1.82, 2.24) is 0 Å². The molecule has 1 heterocycles. The number of rotatable bonds is 5. The van der Waals surface area contributed by atoms with Crippen molar-refractivity contribution in [3.8, 4) is 0 Å². The molecule has 1 aliphatic rings. The van der Waals surface area contributed by atoms with Crippen LogP contribution >= 0.6 is 0 Å². The predicted octanol–water partition coefficient (Wildman–Crippen LogP) is 2.71. The largest absolute Gasteiger partial charge is 0.383 e. The minimum atomic E-state index is -3.19. The molecule has 1 fully saturated rings. The summed E-state index contributed by atoms with van der Waals surface area (Å²) in [5.74, 6) is 0.122. The molecule has 0 unspecified atom stereocenters. The van der Waals surface area contributed by atoms with Gasteiger partial charge in [-0.1, -0.05) is 26.0 Å². The van der Waals surface area contributed by atoms with E-state index in [9.17, 15) is 8.42 Å². The van der Waals surface area contributed by atoms with Gasteiger partial charge in [0.1, 0.15) is 0 Å². The van der Waals surface area contributed by atoms with Crippen molar-refractivity contribution in [1.29, 1.82) is 0 Å². The monoisotopic (exact) mass is 297 g/mol. The third-order valence-corrected chi connectivity index (χ3v) is 5.79. The first kappa shape index (κ1) is 15.3. The molecule has 112 valence electrons. The first-order valence-corrected chi connectivity index (χ1v) is 8.75. The molecule has 4 nitrogen and oxygen atoms in total. The van der Waals surface area contributed by atoms with E-state index < -0.39 is 9.84 Å². The maximum atomic E-state index is 12.1. The maximum absolute atomic E-state index is 12.1.